The Kier molecular flexibility index (Phi) is 5.64. The van der Waals surface area contributed by atoms with Crippen molar-refractivity contribution in [3.63, 3.8) is 0 Å². The number of aryl methyl sites for hydroxylation is 1. The molecule has 2 aliphatic heterocycles. The summed E-state index contributed by atoms with van der Waals surface area (Å²) >= 11 is 0. The lowest BCUT2D eigenvalue weighted by atomic mass is 10.1. The maximum absolute atomic E-state index is 13.4. The molecule has 1 aromatic carbocycles. The molecule has 0 aliphatic carbocycles. The van der Waals surface area contributed by atoms with Gasteiger partial charge in [0.05, 0.1) is 5.69 Å². The number of anilines is 1. The number of amides is 1. The maximum Gasteiger partial charge on any atom is 0.274 e. The summed E-state index contributed by atoms with van der Waals surface area (Å²) in [6.07, 6.45) is 5.45. The van der Waals surface area contributed by atoms with Crippen LogP contribution in [0.3, 0.4) is 0 Å². The molecule has 0 saturated carbocycles. The van der Waals surface area contributed by atoms with Crippen LogP contribution in [0.1, 0.15) is 41.0 Å². The number of piperazine rings is 1. The van der Waals surface area contributed by atoms with Gasteiger partial charge in [0.1, 0.15) is 5.65 Å². The van der Waals surface area contributed by atoms with Gasteiger partial charge in [0.15, 0.2) is 5.69 Å². The molecule has 0 atom stereocenters. The third-order valence-corrected chi connectivity index (χ3v) is 6.66. The summed E-state index contributed by atoms with van der Waals surface area (Å²) in [4.78, 5) is 25.1. The maximum atomic E-state index is 13.4. The van der Waals surface area contributed by atoms with Gasteiger partial charge in [0, 0.05) is 57.7 Å². The molecule has 0 N–H and O–H groups in total. The van der Waals surface area contributed by atoms with Crippen LogP contribution < -0.4 is 4.90 Å². The summed E-state index contributed by atoms with van der Waals surface area (Å²) in [7, 11) is 0. The molecule has 0 radical (unpaired) electrons. The second kappa shape index (κ2) is 8.71. The Morgan fingerprint density at radius 1 is 0.903 bits per heavy atom. The first kappa shape index (κ1) is 20.1. The molecule has 162 valence electrons. The number of aromatic nitrogens is 2. The average molecular weight is 418 g/mol. The number of fused-ring (bicyclic) bond motifs is 1. The third kappa shape index (κ3) is 4.04. The van der Waals surface area contributed by atoms with E-state index in [-0.39, 0.29) is 5.91 Å². The van der Waals surface area contributed by atoms with Crippen molar-refractivity contribution in [3.05, 3.63) is 65.6 Å². The van der Waals surface area contributed by atoms with Crippen molar-refractivity contribution in [1.29, 1.82) is 0 Å². The van der Waals surface area contributed by atoms with E-state index in [9.17, 15) is 4.79 Å². The van der Waals surface area contributed by atoms with E-state index >= 15 is 0 Å². The van der Waals surface area contributed by atoms with Crippen LogP contribution in [0, 0.1) is 6.92 Å². The van der Waals surface area contributed by atoms with Gasteiger partial charge in [-0.1, -0.05) is 24.3 Å². The molecule has 2 aliphatic rings. The van der Waals surface area contributed by atoms with Crippen LogP contribution in [0.15, 0.2) is 48.7 Å². The van der Waals surface area contributed by atoms with Crippen LogP contribution in [0.25, 0.3) is 5.65 Å². The van der Waals surface area contributed by atoms with Crippen molar-refractivity contribution in [1.82, 2.24) is 19.2 Å². The summed E-state index contributed by atoms with van der Waals surface area (Å²) in [6.45, 7) is 8.46. The van der Waals surface area contributed by atoms with Crippen molar-refractivity contribution in [2.45, 2.75) is 32.7 Å². The van der Waals surface area contributed by atoms with Crippen LogP contribution in [-0.2, 0) is 6.54 Å². The summed E-state index contributed by atoms with van der Waals surface area (Å²) in [5.74, 6) is 0.0979. The molecule has 1 amide bonds. The number of pyridine rings is 1. The molecule has 6 nitrogen and oxygen atoms in total. The molecule has 0 bridgehead atoms. The Labute approximate surface area is 184 Å². The van der Waals surface area contributed by atoms with Crippen molar-refractivity contribution in [2.75, 3.05) is 44.2 Å². The van der Waals surface area contributed by atoms with Crippen molar-refractivity contribution >= 4 is 17.2 Å². The first-order valence-electron chi connectivity index (χ1n) is 11.5. The van der Waals surface area contributed by atoms with Gasteiger partial charge < -0.3 is 14.2 Å². The second-order valence-corrected chi connectivity index (χ2v) is 8.74. The highest BCUT2D eigenvalue weighted by molar-refractivity contribution is 5.94. The molecule has 2 saturated heterocycles. The Balaban J connectivity index is 1.38. The highest BCUT2D eigenvalue weighted by Crippen LogP contribution is 2.23. The minimum absolute atomic E-state index is 0.0979. The Morgan fingerprint density at radius 2 is 1.65 bits per heavy atom. The number of rotatable bonds is 4. The smallest absolute Gasteiger partial charge is 0.274 e. The van der Waals surface area contributed by atoms with E-state index in [0.717, 1.165) is 75.6 Å². The quantitative estimate of drug-likeness (QED) is 0.651. The number of carbonyl (C=O) groups excluding carboxylic acids is 1. The van der Waals surface area contributed by atoms with E-state index in [1.807, 2.05) is 4.90 Å². The monoisotopic (exact) mass is 417 g/mol. The number of nitrogens with zero attached hydrogens (tertiary/aromatic N) is 5. The number of carbonyl (C=O) groups is 1. The molecule has 31 heavy (non-hydrogen) atoms. The Bertz CT molecular complexity index is 1050. The van der Waals surface area contributed by atoms with Crippen molar-refractivity contribution in [3.8, 4) is 0 Å². The zero-order chi connectivity index (χ0) is 21.2. The molecule has 2 fully saturated rings. The molecule has 6 heteroatoms. The SMILES string of the molecule is Cc1cccn2c(CN3CCN(c4ccccc4)CC3)c(C(=O)N3CCCCC3)nc12. The summed E-state index contributed by atoms with van der Waals surface area (Å²) in [5.41, 5.74) is 4.97. The van der Waals surface area contributed by atoms with Gasteiger partial charge in [0.2, 0.25) is 0 Å². The normalized spacial score (nSPS) is 18.0. The summed E-state index contributed by atoms with van der Waals surface area (Å²) in [6, 6.07) is 14.7. The number of para-hydroxylation sites is 1. The van der Waals surface area contributed by atoms with Crippen molar-refractivity contribution in [2.24, 2.45) is 0 Å². The van der Waals surface area contributed by atoms with Gasteiger partial charge in [-0.2, -0.15) is 0 Å². The zero-order valence-corrected chi connectivity index (χ0v) is 18.3. The van der Waals surface area contributed by atoms with Gasteiger partial charge in [-0.05, 0) is 49.9 Å². The number of piperidine rings is 1. The topological polar surface area (TPSA) is 44.1 Å². The molecule has 0 unspecified atom stereocenters. The van der Waals surface area contributed by atoms with Gasteiger partial charge >= 0.3 is 0 Å². The summed E-state index contributed by atoms with van der Waals surface area (Å²) in [5, 5.41) is 0. The second-order valence-electron chi connectivity index (χ2n) is 8.74. The van der Waals surface area contributed by atoms with Crippen LogP contribution in [-0.4, -0.2) is 64.4 Å². The molecule has 0 spiro atoms. The molecule has 3 aromatic rings. The van der Waals surface area contributed by atoms with E-state index in [4.69, 9.17) is 4.98 Å². The highest BCUT2D eigenvalue weighted by atomic mass is 16.2. The largest absolute Gasteiger partial charge is 0.369 e. The highest BCUT2D eigenvalue weighted by Gasteiger charge is 2.27. The van der Waals surface area contributed by atoms with Crippen LogP contribution in [0.4, 0.5) is 5.69 Å². The molecule has 5 rings (SSSR count). The fourth-order valence-electron chi connectivity index (χ4n) is 4.84. The van der Waals surface area contributed by atoms with Crippen LogP contribution in [0.5, 0.6) is 0 Å². The number of benzene rings is 1. The number of hydrogen-bond donors (Lipinski definition) is 0. The predicted molar refractivity (Wildman–Crippen MR) is 124 cm³/mol. The molecular weight excluding hydrogens is 386 g/mol. The van der Waals surface area contributed by atoms with E-state index in [2.05, 4.69) is 69.8 Å². The lowest BCUT2D eigenvalue weighted by Gasteiger charge is -2.36. The molecular formula is C25H31N5O. The minimum Gasteiger partial charge on any atom is -0.369 e. The Morgan fingerprint density at radius 3 is 2.39 bits per heavy atom. The fourth-order valence-corrected chi connectivity index (χ4v) is 4.84. The summed E-state index contributed by atoms with van der Waals surface area (Å²) < 4.78 is 2.14. The van der Waals surface area contributed by atoms with Crippen molar-refractivity contribution < 1.29 is 4.79 Å². The molecule has 4 heterocycles. The lowest BCUT2D eigenvalue weighted by molar-refractivity contribution is 0.0716. The van der Waals surface area contributed by atoms with E-state index in [0.29, 0.717) is 5.69 Å². The Hall–Kier alpha value is -2.86. The number of likely N-dealkylation sites (tertiary alicyclic amines) is 1. The number of imidazole rings is 1. The first-order valence-corrected chi connectivity index (χ1v) is 11.5. The fraction of sp³-hybridized carbons (Fsp3) is 0.440. The number of hydrogen-bond acceptors (Lipinski definition) is 4. The third-order valence-electron chi connectivity index (χ3n) is 6.66. The van der Waals surface area contributed by atoms with Crippen LogP contribution in [0.2, 0.25) is 0 Å². The van der Waals surface area contributed by atoms with Gasteiger partial charge in [0.25, 0.3) is 5.91 Å². The average Bonchev–Trinajstić information content (AvgIpc) is 3.20. The lowest BCUT2D eigenvalue weighted by Crippen LogP contribution is -2.46. The van der Waals surface area contributed by atoms with Gasteiger partial charge in [-0.3, -0.25) is 9.69 Å². The van der Waals surface area contributed by atoms with E-state index in [1.165, 1.54) is 12.1 Å². The van der Waals surface area contributed by atoms with E-state index in [1.54, 1.807) is 0 Å². The standard InChI is InChI=1S/C25H31N5O/c1-20-9-8-14-30-22(23(26-24(20)30)25(31)29-12-6-3-7-13-29)19-27-15-17-28(18-16-27)21-10-4-2-5-11-21/h2,4-5,8-11,14H,3,6-7,12-13,15-19H2,1H3. The zero-order valence-electron chi connectivity index (χ0n) is 18.3. The van der Waals surface area contributed by atoms with Gasteiger partial charge in [-0.25, -0.2) is 4.98 Å². The van der Waals surface area contributed by atoms with Crippen LogP contribution >= 0.6 is 0 Å². The first-order chi connectivity index (χ1) is 15.2. The molecule has 2 aromatic heterocycles. The minimum atomic E-state index is 0.0979. The van der Waals surface area contributed by atoms with E-state index < -0.39 is 0 Å². The predicted octanol–water partition coefficient (Wildman–Crippen LogP) is 3.59. The van der Waals surface area contributed by atoms with Gasteiger partial charge in [-0.15, -0.1) is 0 Å².